The standard InChI is InChI=1S/C13H15NO/c1-9(10(2)15)12-8-7-11-5-3-4-6-13(11)14-12/h3-10,15H,1-2H3/t9-,10+/m0/s1. The lowest BCUT2D eigenvalue weighted by molar-refractivity contribution is 0.167. The zero-order valence-corrected chi connectivity index (χ0v) is 9.01. The van der Waals surface area contributed by atoms with Gasteiger partial charge in [-0.05, 0) is 19.1 Å². The van der Waals surface area contributed by atoms with Crippen molar-refractivity contribution in [2.45, 2.75) is 25.9 Å². The van der Waals surface area contributed by atoms with Crippen LogP contribution in [0.5, 0.6) is 0 Å². The summed E-state index contributed by atoms with van der Waals surface area (Å²) in [6.45, 7) is 3.78. The fourth-order valence-electron chi connectivity index (χ4n) is 1.58. The van der Waals surface area contributed by atoms with Crippen LogP contribution < -0.4 is 0 Å². The molecule has 15 heavy (non-hydrogen) atoms. The van der Waals surface area contributed by atoms with E-state index in [2.05, 4.69) is 11.1 Å². The minimum Gasteiger partial charge on any atom is -0.393 e. The maximum absolute atomic E-state index is 9.51. The van der Waals surface area contributed by atoms with Crippen LogP contribution in [-0.2, 0) is 0 Å². The zero-order chi connectivity index (χ0) is 10.8. The average molecular weight is 201 g/mol. The van der Waals surface area contributed by atoms with Crippen molar-refractivity contribution in [3.8, 4) is 0 Å². The molecule has 0 amide bonds. The van der Waals surface area contributed by atoms with Gasteiger partial charge in [0, 0.05) is 17.0 Å². The van der Waals surface area contributed by atoms with Gasteiger partial charge >= 0.3 is 0 Å². The summed E-state index contributed by atoms with van der Waals surface area (Å²) in [4.78, 5) is 4.54. The first-order valence-electron chi connectivity index (χ1n) is 5.22. The third-order valence-electron chi connectivity index (χ3n) is 2.81. The molecule has 0 bridgehead atoms. The third kappa shape index (κ3) is 2.00. The van der Waals surface area contributed by atoms with E-state index >= 15 is 0 Å². The molecule has 1 aromatic heterocycles. The highest BCUT2D eigenvalue weighted by Gasteiger charge is 2.12. The molecule has 2 nitrogen and oxygen atoms in total. The Morgan fingerprint density at radius 2 is 1.80 bits per heavy atom. The molecule has 0 fully saturated rings. The van der Waals surface area contributed by atoms with E-state index in [-0.39, 0.29) is 12.0 Å². The quantitative estimate of drug-likeness (QED) is 0.810. The molecular formula is C13H15NO. The molecule has 0 saturated heterocycles. The highest BCUT2D eigenvalue weighted by Crippen LogP contribution is 2.20. The Hall–Kier alpha value is -1.41. The second kappa shape index (κ2) is 3.99. The molecule has 0 aliphatic heterocycles. The van der Waals surface area contributed by atoms with E-state index in [1.54, 1.807) is 6.92 Å². The minimum atomic E-state index is -0.362. The van der Waals surface area contributed by atoms with Gasteiger partial charge in [-0.1, -0.05) is 31.2 Å². The van der Waals surface area contributed by atoms with Crippen LogP contribution in [-0.4, -0.2) is 16.2 Å². The Kier molecular flexibility index (Phi) is 2.69. The van der Waals surface area contributed by atoms with Crippen molar-refractivity contribution in [1.29, 1.82) is 0 Å². The van der Waals surface area contributed by atoms with Crippen LogP contribution >= 0.6 is 0 Å². The van der Waals surface area contributed by atoms with Gasteiger partial charge < -0.3 is 5.11 Å². The van der Waals surface area contributed by atoms with Crippen molar-refractivity contribution in [2.24, 2.45) is 0 Å². The molecule has 1 N–H and O–H groups in total. The lowest BCUT2D eigenvalue weighted by Gasteiger charge is -2.14. The topological polar surface area (TPSA) is 33.1 Å². The second-order valence-electron chi connectivity index (χ2n) is 3.96. The summed E-state index contributed by atoms with van der Waals surface area (Å²) < 4.78 is 0. The molecular weight excluding hydrogens is 186 g/mol. The largest absolute Gasteiger partial charge is 0.393 e. The van der Waals surface area contributed by atoms with Gasteiger partial charge in [-0.25, -0.2) is 0 Å². The Balaban J connectivity index is 2.47. The number of pyridine rings is 1. The van der Waals surface area contributed by atoms with Crippen LogP contribution in [0.1, 0.15) is 25.5 Å². The number of hydrogen-bond donors (Lipinski definition) is 1. The van der Waals surface area contributed by atoms with E-state index in [4.69, 9.17) is 0 Å². The highest BCUT2D eigenvalue weighted by atomic mass is 16.3. The number of hydrogen-bond acceptors (Lipinski definition) is 2. The predicted octanol–water partition coefficient (Wildman–Crippen LogP) is 2.72. The van der Waals surface area contributed by atoms with Gasteiger partial charge in [0.05, 0.1) is 11.6 Å². The van der Waals surface area contributed by atoms with Gasteiger partial charge in [-0.2, -0.15) is 0 Å². The number of rotatable bonds is 2. The Morgan fingerprint density at radius 3 is 2.53 bits per heavy atom. The first-order chi connectivity index (χ1) is 7.18. The van der Waals surface area contributed by atoms with E-state index in [1.165, 1.54) is 0 Å². The number of aliphatic hydroxyl groups excluding tert-OH is 1. The Bertz CT molecular complexity index is 465. The lowest BCUT2D eigenvalue weighted by atomic mass is 10.0. The molecule has 0 radical (unpaired) electrons. The van der Waals surface area contributed by atoms with E-state index in [0.717, 1.165) is 16.6 Å². The van der Waals surface area contributed by atoms with Crippen molar-refractivity contribution < 1.29 is 5.11 Å². The smallest absolute Gasteiger partial charge is 0.0705 e. The van der Waals surface area contributed by atoms with Crippen molar-refractivity contribution >= 4 is 10.9 Å². The maximum atomic E-state index is 9.51. The van der Waals surface area contributed by atoms with Crippen molar-refractivity contribution in [1.82, 2.24) is 4.98 Å². The molecule has 0 aliphatic carbocycles. The van der Waals surface area contributed by atoms with Crippen LogP contribution in [0.2, 0.25) is 0 Å². The summed E-state index contributed by atoms with van der Waals surface area (Å²) in [5.74, 6) is 0.0783. The molecule has 2 aromatic rings. The number of fused-ring (bicyclic) bond motifs is 1. The zero-order valence-electron chi connectivity index (χ0n) is 9.01. The van der Waals surface area contributed by atoms with Crippen LogP contribution in [0.25, 0.3) is 10.9 Å². The molecule has 78 valence electrons. The van der Waals surface area contributed by atoms with Gasteiger partial charge in [0.2, 0.25) is 0 Å². The molecule has 1 aromatic carbocycles. The number of benzene rings is 1. The van der Waals surface area contributed by atoms with E-state index in [0.29, 0.717) is 0 Å². The molecule has 2 heteroatoms. The minimum absolute atomic E-state index is 0.0783. The molecule has 2 rings (SSSR count). The van der Waals surface area contributed by atoms with Crippen LogP contribution in [0.4, 0.5) is 0 Å². The number of nitrogens with zero attached hydrogens (tertiary/aromatic N) is 1. The lowest BCUT2D eigenvalue weighted by Crippen LogP contribution is -2.12. The molecule has 2 atom stereocenters. The summed E-state index contributed by atoms with van der Waals surface area (Å²) in [7, 11) is 0. The predicted molar refractivity (Wildman–Crippen MR) is 61.8 cm³/mol. The summed E-state index contributed by atoms with van der Waals surface area (Å²) >= 11 is 0. The van der Waals surface area contributed by atoms with Crippen molar-refractivity contribution in [2.75, 3.05) is 0 Å². The monoisotopic (exact) mass is 201 g/mol. The van der Waals surface area contributed by atoms with Gasteiger partial charge in [0.15, 0.2) is 0 Å². The van der Waals surface area contributed by atoms with E-state index < -0.39 is 0 Å². The number of aliphatic hydroxyl groups is 1. The van der Waals surface area contributed by atoms with Crippen molar-refractivity contribution in [3.63, 3.8) is 0 Å². The number of aromatic nitrogens is 1. The second-order valence-corrected chi connectivity index (χ2v) is 3.96. The molecule has 0 unspecified atom stereocenters. The van der Waals surface area contributed by atoms with Gasteiger partial charge in [-0.15, -0.1) is 0 Å². The summed E-state index contributed by atoms with van der Waals surface area (Å²) in [5.41, 5.74) is 1.94. The number of para-hydroxylation sites is 1. The average Bonchev–Trinajstić information content (AvgIpc) is 2.27. The molecule has 0 spiro atoms. The molecule has 0 saturated carbocycles. The normalized spacial score (nSPS) is 15.1. The van der Waals surface area contributed by atoms with Gasteiger partial charge in [0.1, 0.15) is 0 Å². The fraction of sp³-hybridized carbons (Fsp3) is 0.308. The maximum Gasteiger partial charge on any atom is 0.0705 e. The van der Waals surface area contributed by atoms with E-state index in [1.807, 2.05) is 37.3 Å². The highest BCUT2D eigenvalue weighted by molar-refractivity contribution is 5.78. The van der Waals surface area contributed by atoms with Crippen molar-refractivity contribution in [3.05, 3.63) is 42.1 Å². The van der Waals surface area contributed by atoms with Crippen LogP contribution in [0.15, 0.2) is 36.4 Å². The van der Waals surface area contributed by atoms with Gasteiger partial charge in [-0.3, -0.25) is 4.98 Å². The fourth-order valence-corrected chi connectivity index (χ4v) is 1.58. The summed E-state index contributed by atoms with van der Waals surface area (Å²) in [6.07, 6.45) is -0.362. The first kappa shape index (κ1) is 10.1. The van der Waals surface area contributed by atoms with E-state index in [9.17, 15) is 5.11 Å². The van der Waals surface area contributed by atoms with Crippen LogP contribution in [0.3, 0.4) is 0 Å². The SMILES string of the molecule is C[C@H](c1ccc2ccccc2n1)[C@@H](C)O. The third-order valence-corrected chi connectivity index (χ3v) is 2.81. The Morgan fingerprint density at radius 1 is 1.07 bits per heavy atom. The van der Waals surface area contributed by atoms with Crippen LogP contribution in [0, 0.1) is 0 Å². The molecule has 0 aliphatic rings. The first-order valence-corrected chi connectivity index (χ1v) is 5.22. The van der Waals surface area contributed by atoms with Gasteiger partial charge in [0.25, 0.3) is 0 Å². The Labute approximate surface area is 89.6 Å². The summed E-state index contributed by atoms with van der Waals surface area (Å²) in [6, 6.07) is 12.1. The summed E-state index contributed by atoms with van der Waals surface area (Å²) in [5, 5.41) is 10.6. The molecule has 1 heterocycles.